The molecule has 2 nitrogen and oxygen atoms in total. The zero-order valence-electron chi connectivity index (χ0n) is 11.8. The van der Waals surface area contributed by atoms with Gasteiger partial charge in [0.15, 0.2) is 0 Å². The number of aryl methyl sites for hydroxylation is 1. The van der Waals surface area contributed by atoms with Crippen LogP contribution in [-0.4, -0.2) is 20.1 Å². The van der Waals surface area contributed by atoms with Crippen molar-refractivity contribution in [3.63, 3.8) is 0 Å². The Balaban J connectivity index is 2.07. The van der Waals surface area contributed by atoms with Crippen molar-refractivity contribution in [2.75, 3.05) is 25.0 Å². The molecule has 0 bridgehead atoms. The first-order valence-electron chi connectivity index (χ1n) is 7.13. The second-order valence-electron chi connectivity index (χ2n) is 5.96. The van der Waals surface area contributed by atoms with E-state index in [1.165, 1.54) is 43.4 Å². The van der Waals surface area contributed by atoms with Crippen molar-refractivity contribution in [2.24, 2.45) is 11.1 Å². The first-order chi connectivity index (χ1) is 8.65. The summed E-state index contributed by atoms with van der Waals surface area (Å²) in [5, 5.41) is 0. The molecule has 2 rings (SSSR count). The SMILES string of the molecule is Cc1cccc(N(C)CC2(CN)CCCCC2)c1. The molecule has 1 aliphatic rings. The van der Waals surface area contributed by atoms with Crippen LogP contribution >= 0.6 is 0 Å². The molecule has 0 radical (unpaired) electrons. The summed E-state index contributed by atoms with van der Waals surface area (Å²) in [7, 11) is 2.20. The van der Waals surface area contributed by atoms with E-state index in [1.54, 1.807) is 0 Å². The Morgan fingerprint density at radius 3 is 2.56 bits per heavy atom. The molecule has 0 atom stereocenters. The van der Waals surface area contributed by atoms with Crippen LogP contribution in [0.25, 0.3) is 0 Å². The van der Waals surface area contributed by atoms with E-state index in [-0.39, 0.29) is 0 Å². The summed E-state index contributed by atoms with van der Waals surface area (Å²) in [5.74, 6) is 0. The van der Waals surface area contributed by atoms with E-state index in [0.29, 0.717) is 5.41 Å². The first-order valence-corrected chi connectivity index (χ1v) is 7.13. The van der Waals surface area contributed by atoms with E-state index in [2.05, 4.69) is 43.1 Å². The molecular formula is C16H26N2. The van der Waals surface area contributed by atoms with Gasteiger partial charge in [-0.05, 0) is 44.0 Å². The fourth-order valence-electron chi connectivity index (χ4n) is 3.19. The molecule has 0 aliphatic heterocycles. The molecule has 2 heteroatoms. The minimum Gasteiger partial charge on any atom is -0.374 e. The van der Waals surface area contributed by atoms with E-state index in [0.717, 1.165) is 13.1 Å². The highest BCUT2D eigenvalue weighted by atomic mass is 15.1. The molecule has 1 aromatic rings. The molecule has 2 N–H and O–H groups in total. The van der Waals surface area contributed by atoms with E-state index in [4.69, 9.17) is 5.73 Å². The first kappa shape index (κ1) is 13.4. The van der Waals surface area contributed by atoms with Crippen molar-refractivity contribution >= 4 is 5.69 Å². The molecule has 1 fully saturated rings. The minimum atomic E-state index is 0.344. The summed E-state index contributed by atoms with van der Waals surface area (Å²) < 4.78 is 0. The number of nitrogens with zero attached hydrogens (tertiary/aromatic N) is 1. The zero-order chi connectivity index (χ0) is 13.0. The Labute approximate surface area is 111 Å². The van der Waals surface area contributed by atoms with E-state index < -0.39 is 0 Å². The molecule has 100 valence electrons. The van der Waals surface area contributed by atoms with Gasteiger partial charge in [0.1, 0.15) is 0 Å². The maximum Gasteiger partial charge on any atom is 0.0366 e. The van der Waals surface area contributed by atoms with Crippen LogP contribution in [0.15, 0.2) is 24.3 Å². The number of nitrogens with two attached hydrogens (primary N) is 1. The molecule has 0 saturated heterocycles. The predicted molar refractivity (Wildman–Crippen MR) is 79.0 cm³/mol. The van der Waals surface area contributed by atoms with Crippen LogP contribution in [0.5, 0.6) is 0 Å². The highest BCUT2D eigenvalue weighted by Gasteiger charge is 2.31. The predicted octanol–water partition coefficient (Wildman–Crippen LogP) is 3.34. The van der Waals surface area contributed by atoms with E-state index in [9.17, 15) is 0 Å². The fraction of sp³-hybridized carbons (Fsp3) is 0.625. The van der Waals surface area contributed by atoms with E-state index >= 15 is 0 Å². The van der Waals surface area contributed by atoms with Crippen molar-refractivity contribution < 1.29 is 0 Å². The van der Waals surface area contributed by atoms with Crippen LogP contribution < -0.4 is 10.6 Å². The maximum absolute atomic E-state index is 6.07. The number of anilines is 1. The molecule has 0 spiro atoms. The lowest BCUT2D eigenvalue weighted by Gasteiger charge is -2.40. The summed E-state index contributed by atoms with van der Waals surface area (Å²) in [6.07, 6.45) is 6.66. The molecule has 0 aromatic heterocycles. The largest absolute Gasteiger partial charge is 0.374 e. The lowest BCUT2D eigenvalue weighted by molar-refractivity contribution is 0.206. The highest BCUT2D eigenvalue weighted by Crippen LogP contribution is 2.36. The van der Waals surface area contributed by atoms with Gasteiger partial charge in [-0.15, -0.1) is 0 Å². The van der Waals surface area contributed by atoms with Gasteiger partial charge in [-0.1, -0.05) is 31.4 Å². The lowest BCUT2D eigenvalue weighted by Crippen LogP contribution is -2.42. The van der Waals surface area contributed by atoms with Gasteiger partial charge < -0.3 is 10.6 Å². The van der Waals surface area contributed by atoms with Gasteiger partial charge in [0.25, 0.3) is 0 Å². The second kappa shape index (κ2) is 5.75. The van der Waals surface area contributed by atoms with Gasteiger partial charge in [0.05, 0.1) is 0 Å². The van der Waals surface area contributed by atoms with Crippen LogP contribution in [0.4, 0.5) is 5.69 Å². The number of hydrogen-bond donors (Lipinski definition) is 1. The Bertz CT molecular complexity index is 380. The molecule has 0 heterocycles. The van der Waals surface area contributed by atoms with Crippen molar-refractivity contribution in [1.29, 1.82) is 0 Å². The third-order valence-corrected chi connectivity index (χ3v) is 4.36. The average Bonchev–Trinajstić information content (AvgIpc) is 2.40. The van der Waals surface area contributed by atoms with Crippen molar-refractivity contribution in [3.8, 4) is 0 Å². The molecule has 0 amide bonds. The molecule has 0 unspecified atom stereocenters. The molecule has 1 saturated carbocycles. The Hall–Kier alpha value is -1.02. The minimum absolute atomic E-state index is 0.344. The Morgan fingerprint density at radius 1 is 1.22 bits per heavy atom. The average molecular weight is 246 g/mol. The van der Waals surface area contributed by atoms with Gasteiger partial charge in [0, 0.05) is 24.7 Å². The van der Waals surface area contributed by atoms with E-state index in [1.807, 2.05) is 0 Å². The van der Waals surface area contributed by atoms with Crippen LogP contribution in [0.1, 0.15) is 37.7 Å². The van der Waals surface area contributed by atoms with Gasteiger partial charge >= 0.3 is 0 Å². The van der Waals surface area contributed by atoms with Crippen LogP contribution in [0, 0.1) is 12.3 Å². The topological polar surface area (TPSA) is 29.3 Å². The third-order valence-electron chi connectivity index (χ3n) is 4.36. The summed E-state index contributed by atoms with van der Waals surface area (Å²) in [6, 6.07) is 8.74. The van der Waals surface area contributed by atoms with Gasteiger partial charge in [-0.3, -0.25) is 0 Å². The van der Waals surface area contributed by atoms with Crippen molar-refractivity contribution in [3.05, 3.63) is 29.8 Å². The van der Waals surface area contributed by atoms with Crippen LogP contribution in [0.3, 0.4) is 0 Å². The molecule has 1 aromatic carbocycles. The maximum atomic E-state index is 6.07. The summed E-state index contributed by atoms with van der Waals surface area (Å²) >= 11 is 0. The fourth-order valence-corrected chi connectivity index (χ4v) is 3.19. The molecule has 1 aliphatic carbocycles. The zero-order valence-corrected chi connectivity index (χ0v) is 11.8. The smallest absolute Gasteiger partial charge is 0.0366 e. The lowest BCUT2D eigenvalue weighted by atomic mass is 9.73. The Kier molecular flexibility index (Phi) is 4.28. The number of benzene rings is 1. The van der Waals surface area contributed by atoms with Crippen molar-refractivity contribution in [1.82, 2.24) is 0 Å². The van der Waals surface area contributed by atoms with Crippen LogP contribution in [0.2, 0.25) is 0 Å². The number of hydrogen-bond acceptors (Lipinski definition) is 2. The summed E-state index contributed by atoms with van der Waals surface area (Å²) in [4.78, 5) is 2.38. The standard InChI is InChI=1S/C16H26N2/c1-14-7-6-8-15(11-14)18(2)13-16(12-17)9-4-3-5-10-16/h6-8,11H,3-5,9-10,12-13,17H2,1-2H3. The monoisotopic (exact) mass is 246 g/mol. The van der Waals surface area contributed by atoms with Gasteiger partial charge in [-0.2, -0.15) is 0 Å². The molecular weight excluding hydrogens is 220 g/mol. The number of rotatable bonds is 4. The third kappa shape index (κ3) is 3.05. The highest BCUT2D eigenvalue weighted by molar-refractivity contribution is 5.47. The van der Waals surface area contributed by atoms with Crippen LogP contribution in [-0.2, 0) is 0 Å². The van der Waals surface area contributed by atoms with Gasteiger partial charge in [0.2, 0.25) is 0 Å². The normalized spacial score (nSPS) is 18.6. The van der Waals surface area contributed by atoms with Crippen molar-refractivity contribution in [2.45, 2.75) is 39.0 Å². The molecule has 18 heavy (non-hydrogen) atoms. The summed E-state index contributed by atoms with van der Waals surface area (Å²) in [6.45, 7) is 4.06. The summed E-state index contributed by atoms with van der Waals surface area (Å²) in [5.41, 5.74) is 9.05. The quantitative estimate of drug-likeness (QED) is 0.883. The van der Waals surface area contributed by atoms with Gasteiger partial charge in [-0.25, -0.2) is 0 Å². The second-order valence-corrected chi connectivity index (χ2v) is 5.96. The Morgan fingerprint density at radius 2 is 1.94 bits per heavy atom.